The molecule has 3 N–H and O–H groups in total. The second-order valence-electron chi connectivity index (χ2n) is 7.14. The molecule has 4 amide bonds. The first kappa shape index (κ1) is 20.5. The lowest BCUT2D eigenvalue weighted by Crippen LogP contribution is -2.56. The maximum absolute atomic E-state index is 12.6. The zero-order valence-electron chi connectivity index (χ0n) is 15.3. The Kier molecular flexibility index (Phi) is 5.59. The smallest absolute Gasteiger partial charge is 0.331 e. The lowest BCUT2D eigenvalue weighted by molar-refractivity contribution is -0.140. The highest BCUT2D eigenvalue weighted by Gasteiger charge is 2.48. The van der Waals surface area contributed by atoms with Crippen molar-refractivity contribution in [3.8, 4) is 0 Å². The van der Waals surface area contributed by atoms with E-state index in [-0.39, 0.29) is 18.3 Å². The number of nitrogens with one attached hydrogen (secondary N) is 2. The van der Waals surface area contributed by atoms with Gasteiger partial charge in [0.25, 0.3) is 0 Å². The number of hydroxylamine groups is 2. The Balaban J connectivity index is 1.66. The number of rotatable bonds is 4. The maximum Gasteiger partial charge on any atom is 0.418 e. The SMILES string of the molecule is CC(=O)N1CCCC[C@H]1C(=O)NC(=N)[C@@H]1CC[C@@H]2CN1C(=O)N2OS(=O)(=O)O. The van der Waals surface area contributed by atoms with Gasteiger partial charge in [-0.15, -0.1) is 4.28 Å². The fourth-order valence-corrected chi connectivity index (χ4v) is 4.40. The van der Waals surface area contributed by atoms with Crippen LogP contribution in [0, 0.1) is 5.41 Å². The first-order valence-electron chi connectivity index (χ1n) is 9.02. The molecule has 0 spiro atoms. The second kappa shape index (κ2) is 7.64. The summed E-state index contributed by atoms with van der Waals surface area (Å²) < 4.78 is 35.0. The van der Waals surface area contributed by atoms with E-state index in [0.717, 1.165) is 12.8 Å². The lowest BCUT2D eigenvalue weighted by Gasteiger charge is -2.35. The van der Waals surface area contributed by atoms with E-state index in [0.29, 0.717) is 30.9 Å². The largest absolute Gasteiger partial charge is 0.418 e. The number of hydrogen-bond donors (Lipinski definition) is 3. The Bertz CT molecular complexity index is 801. The molecule has 28 heavy (non-hydrogen) atoms. The predicted octanol–water partition coefficient (Wildman–Crippen LogP) is -0.516. The molecule has 3 rings (SSSR count). The van der Waals surface area contributed by atoms with E-state index in [4.69, 9.17) is 9.96 Å². The van der Waals surface area contributed by atoms with Crippen molar-refractivity contribution < 1.29 is 31.6 Å². The van der Waals surface area contributed by atoms with Gasteiger partial charge < -0.3 is 15.1 Å². The van der Waals surface area contributed by atoms with E-state index in [1.165, 1.54) is 16.7 Å². The molecule has 0 aliphatic carbocycles. The molecule has 3 aliphatic rings. The highest BCUT2D eigenvalue weighted by molar-refractivity contribution is 7.80. The zero-order valence-corrected chi connectivity index (χ0v) is 16.1. The van der Waals surface area contributed by atoms with Crippen molar-refractivity contribution in [3.63, 3.8) is 0 Å². The molecule has 3 saturated heterocycles. The summed E-state index contributed by atoms with van der Waals surface area (Å²) in [5.41, 5.74) is 0. The monoisotopic (exact) mass is 417 g/mol. The molecule has 2 bridgehead atoms. The van der Waals surface area contributed by atoms with Crippen molar-refractivity contribution >= 4 is 34.1 Å². The second-order valence-corrected chi connectivity index (χ2v) is 8.14. The summed E-state index contributed by atoms with van der Waals surface area (Å²) in [5.74, 6) is -0.876. The van der Waals surface area contributed by atoms with Crippen LogP contribution in [0.2, 0.25) is 0 Å². The molecule has 0 aromatic heterocycles. The summed E-state index contributed by atoms with van der Waals surface area (Å²) in [7, 11) is -4.85. The summed E-state index contributed by atoms with van der Waals surface area (Å²) in [5, 5.41) is 11.3. The number of carbonyl (C=O) groups is 3. The van der Waals surface area contributed by atoms with E-state index in [2.05, 4.69) is 9.60 Å². The van der Waals surface area contributed by atoms with Gasteiger partial charge in [-0.1, -0.05) is 0 Å². The third-order valence-corrected chi connectivity index (χ3v) is 5.65. The molecular formula is C15H23N5O7S. The fourth-order valence-electron chi connectivity index (χ4n) is 4.01. The number of nitrogens with zero attached hydrogens (tertiary/aromatic N) is 3. The van der Waals surface area contributed by atoms with Crippen LogP contribution in [-0.4, -0.2) is 82.7 Å². The highest BCUT2D eigenvalue weighted by atomic mass is 32.3. The number of fused-ring (bicyclic) bond motifs is 2. The molecule has 156 valence electrons. The molecule has 3 fully saturated rings. The maximum atomic E-state index is 12.6. The van der Waals surface area contributed by atoms with Crippen LogP contribution in [0.3, 0.4) is 0 Å². The molecule has 0 radical (unpaired) electrons. The van der Waals surface area contributed by atoms with Gasteiger partial charge in [0.1, 0.15) is 11.9 Å². The van der Waals surface area contributed by atoms with Crippen molar-refractivity contribution in [1.29, 1.82) is 5.41 Å². The Hall–Kier alpha value is -2.25. The number of amides is 4. The van der Waals surface area contributed by atoms with Crippen LogP contribution in [0.5, 0.6) is 0 Å². The van der Waals surface area contributed by atoms with Gasteiger partial charge in [-0.05, 0) is 32.1 Å². The predicted molar refractivity (Wildman–Crippen MR) is 94.3 cm³/mol. The Morgan fingerprint density at radius 3 is 2.57 bits per heavy atom. The average molecular weight is 417 g/mol. The normalized spacial score (nSPS) is 27.7. The van der Waals surface area contributed by atoms with Crippen LogP contribution in [0.1, 0.15) is 39.0 Å². The van der Waals surface area contributed by atoms with Gasteiger partial charge in [-0.2, -0.15) is 13.5 Å². The van der Waals surface area contributed by atoms with E-state index >= 15 is 0 Å². The molecule has 12 nitrogen and oxygen atoms in total. The van der Waals surface area contributed by atoms with E-state index in [1.807, 2.05) is 0 Å². The van der Waals surface area contributed by atoms with Crippen molar-refractivity contribution in [2.45, 2.75) is 57.2 Å². The molecular weight excluding hydrogens is 394 g/mol. The first-order valence-corrected chi connectivity index (χ1v) is 10.4. The van der Waals surface area contributed by atoms with Crippen LogP contribution in [-0.2, 0) is 24.3 Å². The quantitative estimate of drug-likeness (QED) is 0.315. The minimum atomic E-state index is -4.85. The molecule has 0 saturated carbocycles. The molecule has 3 aliphatic heterocycles. The van der Waals surface area contributed by atoms with Gasteiger partial charge in [0.05, 0.1) is 12.1 Å². The highest BCUT2D eigenvalue weighted by Crippen LogP contribution is 2.31. The van der Waals surface area contributed by atoms with Crippen molar-refractivity contribution in [3.05, 3.63) is 0 Å². The van der Waals surface area contributed by atoms with E-state index < -0.39 is 40.5 Å². The number of amidine groups is 1. The van der Waals surface area contributed by atoms with Crippen LogP contribution in [0.25, 0.3) is 0 Å². The summed E-state index contributed by atoms with van der Waals surface area (Å²) in [4.78, 5) is 39.5. The molecule has 0 unspecified atom stereocenters. The summed E-state index contributed by atoms with van der Waals surface area (Å²) in [6.07, 6.45) is 2.78. The zero-order chi connectivity index (χ0) is 20.6. The minimum Gasteiger partial charge on any atom is -0.331 e. The summed E-state index contributed by atoms with van der Waals surface area (Å²) in [6, 6.07) is -2.78. The molecule has 3 heterocycles. The minimum absolute atomic E-state index is 0.111. The standard InChI is InChI=1S/C15H23N5O7S/c1-9(21)18-7-3-2-4-12(18)14(22)17-13(16)11-6-5-10-8-19(11)15(23)20(10)27-28(24,25)26/h10-12H,2-8H2,1H3,(H2,16,17,22)(H,24,25,26)/t10-,11+,12+/m1/s1. The fraction of sp³-hybridized carbons (Fsp3) is 0.733. The third kappa shape index (κ3) is 4.10. The van der Waals surface area contributed by atoms with E-state index in [1.54, 1.807) is 0 Å². The van der Waals surface area contributed by atoms with Crippen LogP contribution in [0.4, 0.5) is 4.79 Å². The van der Waals surface area contributed by atoms with Crippen LogP contribution < -0.4 is 5.32 Å². The summed E-state index contributed by atoms with van der Waals surface area (Å²) >= 11 is 0. The van der Waals surface area contributed by atoms with Gasteiger partial charge in [-0.25, -0.2) is 4.79 Å². The number of piperidine rings is 2. The number of carbonyl (C=O) groups excluding carboxylic acids is 3. The van der Waals surface area contributed by atoms with Gasteiger partial charge in [0.2, 0.25) is 11.8 Å². The van der Waals surface area contributed by atoms with Crippen LogP contribution >= 0.6 is 0 Å². The number of likely N-dealkylation sites (tertiary alicyclic amines) is 1. The Morgan fingerprint density at radius 2 is 1.93 bits per heavy atom. The van der Waals surface area contributed by atoms with Gasteiger partial charge in [0.15, 0.2) is 0 Å². The van der Waals surface area contributed by atoms with Crippen molar-refractivity contribution in [2.75, 3.05) is 13.1 Å². The van der Waals surface area contributed by atoms with Crippen molar-refractivity contribution in [2.24, 2.45) is 0 Å². The summed E-state index contributed by atoms with van der Waals surface area (Å²) in [6.45, 7) is 1.99. The van der Waals surface area contributed by atoms with Gasteiger partial charge in [0, 0.05) is 20.0 Å². The van der Waals surface area contributed by atoms with E-state index in [9.17, 15) is 22.8 Å². The van der Waals surface area contributed by atoms with Crippen molar-refractivity contribution in [1.82, 2.24) is 20.2 Å². The average Bonchev–Trinajstić information content (AvgIpc) is 2.85. The number of urea groups is 1. The van der Waals surface area contributed by atoms with Crippen LogP contribution in [0.15, 0.2) is 0 Å². The third-order valence-electron chi connectivity index (χ3n) is 5.30. The van der Waals surface area contributed by atoms with Gasteiger partial charge in [-0.3, -0.25) is 19.6 Å². The molecule has 3 atom stereocenters. The Labute approximate surface area is 162 Å². The lowest BCUT2D eigenvalue weighted by atomic mass is 9.98. The van der Waals surface area contributed by atoms with Gasteiger partial charge >= 0.3 is 16.4 Å². The Morgan fingerprint density at radius 1 is 1.21 bits per heavy atom. The topological polar surface area (TPSA) is 160 Å². The molecule has 13 heteroatoms. The first-order chi connectivity index (χ1) is 13.1. The molecule has 0 aromatic rings. The molecule has 0 aromatic carbocycles. The number of hydrogen-bond acceptors (Lipinski definition) is 7.